The van der Waals surface area contributed by atoms with Crippen molar-refractivity contribution in [3.8, 4) is 0 Å². The smallest absolute Gasteiger partial charge is 0.104 e. The number of aromatic nitrogens is 1. The lowest BCUT2D eigenvalue weighted by molar-refractivity contribution is 0.185. The molecule has 4 heteroatoms. The molecule has 0 N–H and O–H groups in total. The maximum Gasteiger partial charge on any atom is 0.104 e. The zero-order chi connectivity index (χ0) is 14.8. The van der Waals surface area contributed by atoms with Gasteiger partial charge < -0.3 is 9.80 Å². The highest BCUT2D eigenvalue weighted by Crippen LogP contribution is 2.31. The van der Waals surface area contributed by atoms with Gasteiger partial charge in [0, 0.05) is 19.6 Å². The van der Waals surface area contributed by atoms with Crippen LogP contribution in [0.1, 0.15) is 32.1 Å². The highest BCUT2D eigenvalue weighted by molar-refractivity contribution is 7.16. The van der Waals surface area contributed by atoms with Gasteiger partial charge in [-0.3, -0.25) is 0 Å². The van der Waals surface area contributed by atoms with Crippen LogP contribution in [0.15, 0.2) is 23.7 Å². The quantitative estimate of drug-likeness (QED) is 0.853. The fourth-order valence-electron chi connectivity index (χ4n) is 4.07. The highest BCUT2D eigenvalue weighted by Gasteiger charge is 2.24. The van der Waals surface area contributed by atoms with Crippen LogP contribution in [0.2, 0.25) is 0 Å². The van der Waals surface area contributed by atoms with E-state index in [1.54, 1.807) is 11.3 Å². The van der Waals surface area contributed by atoms with Crippen LogP contribution >= 0.6 is 11.3 Å². The first-order valence-electron chi connectivity index (χ1n) is 8.70. The molecule has 2 aliphatic heterocycles. The predicted octanol–water partition coefficient (Wildman–Crippen LogP) is 4.00. The summed E-state index contributed by atoms with van der Waals surface area (Å²) in [5.74, 6) is 0.820. The molecule has 0 amide bonds. The van der Waals surface area contributed by atoms with Gasteiger partial charge in [0.25, 0.3) is 0 Å². The number of fused-ring (bicyclic) bond motifs is 1. The summed E-state index contributed by atoms with van der Waals surface area (Å²) in [6.45, 7) is 6.32. The lowest BCUT2D eigenvalue weighted by Gasteiger charge is -2.38. The van der Waals surface area contributed by atoms with E-state index in [-0.39, 0.29) is 0 Å². The van der Waals surface area contributed by atoms with Gasteiger partial charge in [0.15, 0.2) is 0 Å². The van der Waals surface area contributed by atoms with Crippen molar-refractivity contribution in [2.75, 3.05) is 37.6 Å². The Bertz CT molecular complexity index is 618. The lowest BCUT2D eigenvalue weighted by Crippen LogP contribution is -2.42. The minimum Gasteiger partial charge on any atom is -0.369 e. The number of hydrogen-bond acceptors (Lipinski definition) is 4. The molecule has 0 aliphatic carbocycles. The third-order valence-corrected chi connectivity index (χ3v) is 5.96. The van der Waals surface area contributed by atoms with E-state index in [0.717, 1.165) is 5.92 Å². The molecule has 1 atom stereocenters. The molecule has 3 heterocycles. The number of hydrogen-bond donors (Lipinski definition) is 0. The second-order valence-corrected chi connectivity index (χ2v) is 7.68. The summed E-state index contributed by atoms with van der Waals surface area (Å²) in [6, 6.07) is 6.63. The molecule has 4 rings (SSSR count). The fraction of sp³-hybridized carbons (Fsp3) is 0.611. The number of thiazole rings is 1. The second-order valence-electron chi connectivity index (χ2n) is 6.79. The molecule has 0 saturated carbocycles. The Morgan fingerprint density at radius 2 is 2.00 bits per heavy atom. The minimum absolute atomic E-state index is 0.820. The van der Waals surface area contributed by atoms with Crippen molar-refractivity contribution in [1.29, 1.82) is 0 Å². The first-order valence-corrected chi connectivity index (χ1v) is 9.57. The Labute approximate surface area is 136 Å². The van der Waals surface area contributed by atoms with E-state index in [0.29, 0.717) is 0 Å². The number of rotatable bonds is 3. The van der Waals surface area contributed by atoms with Crippen molar-refractivity contribution in [3.05, 3.63) is 23.7 Å². The van der Waals surface area contributed by atoms with Crippen molar-refractivity contribution in [2.24, 2.45) is 5.92 Å². The van der Waals surface area contributed by atoms with Gasteiger partial charge in [-0.15, -0.1) is 11.3 Å². The second kappa shape index (κ2) is 6.55. The molecule has 2 saturated heterocycles. The third kappa shape index (κ3) is 2.99. The zero-order valence-corrected chi connectivity index (χ0v) is 14.0. The van der Waals surface area contributed by atoms with E-state index in [4.69, 9.17) is 0 Å². The third-order valence-electron chi connectivity index (χ3n) is 5.16. The van der Waals surface area contributed by atoms with E-state index >= 15 is 0 Å². The average Bonchev–Trinajstić information content (AvgIpc) is 3.04. The highest BCUT2D eigenvalue weighted by atomic mass is 32.1. The number of para-hydroxylation sites is 1. The van der Waals surface area contributed by atoms with Gasteiger partial charge in [-0.25, -0.2) is 4.98 Å². The number of likely N-dealkylation sites (tertiary alicyclic amines) is 1. The van der Waals surface area contributed by atoms with Gasteiger partial charge in [-0.05, 0) is 56.8 Å². The van der Waals surface area contributed by atoms with Crippen molar-refractivity contribution < 1.29 is 0 Å². The maximum atomic E-state index is 4.60. The van der Waals surface area contributed by atoms with E-state index in [1.165, 1.54) is 80.7 Å². The molecular formula is C18H25N3S. The molecule has 0 bridgehead atoms. The number of nitrogens with zero attached hydrogens (tertiary/aromatic N) is 3. The Balaban J connectivity index is 1.47. The van der Waals surface area contributed by atoms with Crippen molar-refractivity contribution in [3.63, 3.8) is 0 Å². The van der Waals surface area contributed by atoms with Gasteiger partial charge in [0.1, 0.15) is 5.52 Å². The SMILES string of the molecule is c1cc(N2CCC[C@@H](CN3CCCCC3)C2)c2ncsc2c1. The monoisotopic (exact) mass is 315 g/mol. The summed E-state index contributed by atoms with van der Waals surface area (Å²) < 4.78 is 1.32. The zero-order valence-electron chi connectivity index (χ0n) is 13.2. The summed E-state index contributed by atoms with van der Waals surface area (Å²) in [6.07, 6.45) is 6.93. The average molecular weight is 315 g/mol. The first-order chi connectivity index (χ1) is 10.9. The fourth-order valence-corrected chi connectivity index (χ4v) is 4.76. The molecule has 118 valence electrons. The molecule has 0 spiro atoms. The van der Waals surface area contributed by atoms with Gasteiger partial charge in [0.2, 0.25) is 0 Å². The number of benzene rings is 1. The predicted molar refractivity (Wildman–Crippen MR) is 94.8 cm³/mol. The molecule has 22 heavy (non-hydrogen) atoms. The maximum absolute atomic E-state index is 4.60. The van der Waals surface area contributed by atoms with Gasteiger partial charge in [0.05, 0.1) is 15.9 Å². The minimum atomic E-state index is 0.820. The Morgan fingerprint density at radius 1 is 1.09 bits per heavy atom. The molecule has 1 aromatic heterocycles. The van der Waals surface area contributed by atoms with Crippen LogP contribution in [-0.2, 0) is 0 Å². The van der Waals surface area contributed by atoms with E-state index < -0.39 is 0 Å². The molecule has 3 nitrogen and oxygen atoms in total. The molecule has 1 aromatic carbocycles. The van der Waals surface area contributed by atoms with Crippen molar-refractivity contribution in [2.45, 2.75) is 32.1 Å². The lowest BCUT2D eigenvalue weighted by atomic mass is 9.96. The Hall–Kier alpha value is -1.13. The van der Waals surface area contributed by atoms with Crippen LogP contribution < -0.4 is 4.90 Å². The van der Waals surface area contributed by atoms with Crippen molar-refractivity contribution in [1.82, 2.24) is 9.88 Å². The van der Waals surface area contributed by atoms with Crippen LogP contribution in [0.4, 0.5) is 5.69 Å². The molecule has 2 fully saturated rings. The van der Waals surface area contributed by atoms with Crippen LogP contribution in [0.5, 0.6) is 0 Å². The van der Waals surface area contributed by atoms with Gasteiger partial charge >= 0.3 is 0 Å². The molecule has 2 aromatic rings. The molecule has 0 radical (unpaired) electrons. The topological polar surface area (TPSA) is 19.4 Å². The number of anilines is 1. The van der Waals surface area contributed by atoms with Crippen LogP contribution in [0.3, 0.4) is 0 Å². The summed E-state index contributed by atoms with van der Waals surface area (Å²) in [4.78, 5) is 9.88. The first kappa shape index (κ1) is 14.5. The molecular weight excluding hydrogens is 290 g/mol. The summed E-state index contributed by atoms with van der Waals surface area (Å²) in [5, 5.41) is 0. The largest absolute Gasteiger partial charge is 0.369 e. The summed E-state index contributed by atoms with van der Waals surface area (Å²) in [7, 11) is 0. The van der Waals surface area contributed by atoms with Crippen LogP contribution in [-0.4, -0.2) is 42.6 Å². The molecule has 2 aliphatic rings. The van der Waals surface area contributed by atoms with Crippen LogP contribution in [0.25, 0.3) is 10.2 Å². The normalized spacial score (nSPS) is 24.0. The van der Waals surface area contributed by atoms with E-state index in [2.05, 4.69) is 33.0 Å². The Morgan fingerprint density at radius 3 is 2.91 bits per heavy atom. The van der Waals surface area contributed by atoms with E-state index in [9.17, 15) is 0 Å². The van der Waals surface area contributed by atoms with Gasteiger partial charge in [-0.1, -0.05) is 12.5 Å². The summed E-state index contributed by atoms with van der Waals surface area (Å²) in [5.41, 5.74) is 4.52. The van der Waals surface area contributed by atoms with Gasteiger partial charge in [-0.2, -0.15) is 0 Å². The summed E-state index contributed by atoms with van der Waals surface area (Å²) >= 11 is 1.75. The van der Waals surface area contributed by atoms with Crippen molar-refractivity contribution >= 4 is 27.2 Å². The standard InChI is InChI=1S/C18H25N3S/c1-2-9-20(10-3-1)12-15-6-5-11-21(13-15)16-7-4-8-17-18(16)19-14-22-17/h4,7-8,14-15H,1-3,5-6,9-13H2/t15-/m0/s1. The molecule has 0 unspecified atom stereocenters. The van der Waals surface area contributed by atoms with Crippen LogP contribution in [0, 0.1) is 5.92 Å². The van der Waals surface area contributed by atoms with E-state index in [1.807, 2.05) is 5.51 Å². The Kier molecular flexibility index (Phi) is 4.30. The number of piperidine rings is 2.